The highest BCUT2D eigenvalue weighted by Gasteiger charge is 2.43. The van der Waals surface area contributed by atoms with Crippen molar-refractivity contribution in [2.24, 2.45) is 5.41 Å². The van der Waals surface area contributed by atoms with Crippen molar-refractivity contribution in [1.29, 1.82) is 0 Å². The van der Waals surface area contributed by atoms with E-state index < -0.39 is 0 Å². The van der Waals surface area contributed by atoms with E-state index in [4.69, 9.17) is 16.3 Å². The van der Waals surface area contributed by atoms with Crippen LogP contribution in [0.1, 0.15) is 25.7 Å². The number of carbonyl (C=O) groups is 1. The number of halogens is 1. The SMILES string of the molecule is COCCC1(C(=O)Nc2cccc(Cl)c2O)CCC1. The molecule has 2 rings (SSSR count). The van der Waals surface area contributed by atoms with Gasteiger partial charge in [0.05, 0.1) is 16.1 Å². The number of methoxy groups -OCH3 is 1. The predicted molar refractivity (Wildman–Crippen MR) is 74.5 cm³/mol. The number of rotatable bonds is 5. The van der Waals surface area contributed by atoms with Crippen molar-refractivity contribution in [2.75, 3.05) is 19.0 Å². The van der Waals surface area contributed by atoms with Crippen LogP contribution in [0.2, 0.25) is 5.02 Å². The highest BCUT2D eigenvalue weighted by Crippen LogP contribution is 2.45. The second kappa shape index (κ2) is 5.80. The molecule has 0 radical (unpaired) electrons. The van der Waals surface area contributed by atoms with Crippen LogP contribution < -0.4 is 5.32 Å². The van der Waals surface area contributed by atoms with Gasteiger partial charge < -0.3 is 15.2 Å². The van der Waals surface area contributed by atoms with Gasteiger partial charge >= 0.3 is 0 Å². The highest BCUT2D eigenvalue weighted by atomic mass is 35.5. The van der Waals surface area contributed by atoms with Crippen LogP contribution in [0.25, 0.3) is 0 Å². The lowest BCUT2D eigenvalue weighted by Gasteiger charge is -2.40. The van der Waals surface area contributed by atoms with Gasteiger partial charge in [-0.25, -0.2) is 0 Å². The minimum Gasteiger partial charge on any atom is -0.504 e. The Morgan fingerprint density at radius 3 is 2.84 bits per heavy atom. The Balaban J connectivity index is 2.09. The van der Waals surface area contributed by atoms with Crippen molar-refractivity contribution < 1.29 is 14.6 Å². The molecule has 5 heteroatoms. The number of ether oxygens (including phenoxy) is 1. The van der Waals surface area contributed by atoms with Crippen molar-refractivity contribution in [3.8, 4) is 5.75 Å². The lowest BCUT2D eigenvalue weighted by molar-refractivity contribution is -0.131. The molecular weight excluding hydrogens is 266 g/mol. The molecule has 0 aromatic heterocycles. The summed E-state index contributed by atoms with van der Waals surface area (Å²) in [4.78, 5) is 12.4. The first-order valence-corrected chi connectivity index (χ1v) is 6.75. The van der Waals surface area contributed by atoms with E-state index in [1.165, 1.54) is 0 Å². The Bertz CT molecular complexity index is 472. The fraction of sp³-hybridized carbons (Fsp3) is 0.500. The number of aromatic hydroxyl groups is 1. The van der Waals surface area contributed by atoms with Gasteiger partial charge in [0, 0.05) is 13.7 Å². The van der Waals surface area contributed by atoms with Gasteiger partial charge in [-0.1, -0.05) is 24.1 Å². The molecular formula is C14H18ClNO3. The first-order valence-electron chi connectivity index (χ1n) is 6.37. The number of phenols is 1. The number of anilines is 1. The van der Waals surface area contributed by atoms with E-state index in [0.717, 1.165) is 19.3 Å². The predicted octanol–water partition coefficient (Wildman–Crippen LogP) is 3.19. The summed E-state index contributed by atoms with van der Waals surface area (Å²) in [5.74, 6) is -0.146. The first kappa shape index (κ1) is 14.2. The number of hydrogen-bond donors (Lipinski definition) is 2. The number of amides is 1. The minimum atomic E-state index is -0.356. The Morgan fingerprint density at radius 2 is 2.26 bits per heavy atom. The van der Waals surface area contributed by atoms with E-state index in [9.17, 15) is 9.90 Å². The smallest absolute Gasteiger partial charge is 0.230 e. The molecule has 4 nitrogen and oxygen atoms in total. The molecule has 1 fully saturated rings. The second-order valence-electron chi connectivity index (χ2n) is 4.97. The summed E-state index contributed by atoms with van der Waals surface area (Å²) >= 11 is 5.82. The van der Waals surface area contributed by atoms with Crippen molar-refractivity contribution in [3.63, 3.8) is 0 Å². The normalized spacial score (nSPS) is 16.7. The van der Waals surface area contributed by atoms with Gasteiger partial charge in [-0.15, -0.1) is 0 Å². The number of nitrogens with one attached hydrogen (secondary N) is 1. The number of phenolic OH excluding ortho intramolecular Hbond substituents is 1. The zero-order valence-electron chi connectivity index (χ0n) is 10.9. The van der Waals surface area contributed by atoms with Crippen LogP contribution in [0.3, 0.4) is 0 Å². The number of benzene rings is 1. The van der Waals surface area contributed by atoms with Gasteiger partial charge in [-0.3, -0.25) is 4.79 Å². The monoisotopic (exact) mass is 283 g/mol. The Hall–Kier alpha value is -1.26. The summed E-state index contributed by atoms with van der Waals surface area (Å²) in [6.45, 7) is 0.564. The number of hydrogen-bond acceptors (Lipinski definition) is 3. The van der Waals surface area contributed by atoms with Crippen molar-refractivity contribution in [3.05, 3.63) is 23.2 Å². The lowest BCUT2D eigenvalue weighted by Crippen LogP contribution is -2.42. The molecule has 0 bridgehead atoms. The summed E-state index contributed by atoms with van der Waals surface area (Å²) in [6, 6.07) is 4.92. The maximum Gasteiger partial charge on any atom is 0.230 e. The summed E-state index contributed by atoms with van der Waals surface area (Å²) in [7, 11) is 1.63. The molecule has 1 aromatic carbocycles. The average Bonchev–Trinajstić information content (AvgIpc) is 2.34. The molecule has 0 heterocycles. The molecule has 1 aliphatic carbocycles. The Kier molecular flexibility index (Phi) is 4.32. The molecule has 1 amide bonds. The van der Waals surface area contributed by atoms with Gasteiger partial charge in [0.15, 0.2) is 5.75 Å². The topological polar surface area (TPSA) is 58.6 Å². The van der Waals surface area contributed by atoms with E-state index in [1.54, 1.807) is 25.3 Å². The lowest BCUT2D eigenvalue weighted by atomic mass is 9.66. The molecule has 2 N–H and O–H groups in total. The molecule has 104 valence electrons. The van der Waals surface area contributed by atoms with Crippen LogP contribution in [0, 0.1) is 5.41 Å². The van der Waals surface area contributed by atoms with Gasteiger partial charge in [0.2, 0.25) is 5.91 Å². The van der Waals surface area contributed by atoms with E-state index in [-0.39, 0.29) is 22.1 Å². The Morgan fingerprint density at radius 1 is 1.53 bits per heavy atom. The molecule has 0 saturated heterocycles. The van der Waals surface area contributed by atoms with Crippen LogP contribution in [-0.2, 0) is 9.53 Å². The first-order chi connectivity index (χ1) is 9.09. The molecule has 0 spiro atoms. The van der Waals surface area contributed by atoms with E-state index in [2.05, 4.69) is 5.32 Å². The van der Waals surface area contributed by atoms with Crippen molar-refractivity contribution >= 4 is 23.2 Å². The quantitative estimate of drug-likeness (QED) is 0.816. The van der Waals surface area contributed by atoms with Crippen molar-refractivity contribution in [2.45, 2.75) is 25.7 Å². The van der Waals surface area contributed by atoms with Gasteiger partial charge in [-0.05, 0) is 31.4 Å². The van der Waals surface area contributed by atoms with E-state index >= 15 is 0 Å². The van der Waals surface area contributed by atoms with Crippen LogP contribution in [-0.4, -0.2) is 24.7 Å². The zero-order chi connectivity index (χ0) is 13.9. The number of carbonyl (C=O) groups excluding carboxylic acids is 1. The summed E-state index contributed by atoms with van der Waals surface area (Å²) < 4.78 is 5.07. The maximum absolute atomic E-state index is 12.4. The fourth-order valence-corrected chi connectivity index (χ4v) is 2.54. The zero-order valence-corrected chi connectivity index (χ0v) is 11.7. The molecule has 1 aromatic rings. The molecule has 19 heavy (non-hydrogen) atoms. The standard InChI is InChI=1S/C14H18ClNO3/c1-19-9-8-14(6-3-7-14)13(18)16-11-5-2-4-10(15)12(11)17/h2,4-5,17H,3,6-9H2,1H3,(H,16,18). The van der Waals surface area contributed by atoms with Gasteiger partial charge in [-0.2, -0.15) is 0 Å². The number of para-hydroxylation sites is 1. The summed E-state index contributed by atoms with van der Waals surface area (Å²) in [6.07, 6.45) is 3.49. The van der Waals surface area contributed by atoms with Crippen LogP contribution in [0.5, 0.6) is 5.75 Å². The van der Waals surface area contributed by atoms with Gasteiger partial charge in [0.25, 0.3) is 0 Å². The third-order valence-electron chi connectivity index (χ3n) is 3.81. The fourth-order valence-electron chi connectivity index (χ4n) is 2.36. The maximum atomic E-state index is 12.4. The summed E-state index contributed by atoms with van der Waals surface area (Å²) in [5.41, 5.74) is 0.00583. The van der Waals surface area contributed by atoms with E-state index in [0.29, 0.717) is 18.7 Å². The summed E-state index contributed by atoms with van der Waals surface area (Å²) in [5, 5.41) is 12.8. The Labute approximate surface area is 117 Å². The van der Waals surface area contributed by atoms with Crippen LogP contribution in [0.15, 0.2) is 18.2 Å². The third kappa shape index (κ3) is 2.85. The highest BCUT2D eigenvalue weighted by molar-refractivity contribution is 6.32. The molecule has 0 aliphatic heterocycles. The molecule has 0 unspecified atom stereocenters. The largest absolute Gasteiger partial charge is 0.504 e. The van der Waals surface area contributed by atoms with Crippen LogP contribution >= 0.6 is 11.6 Å². The molecule has 1 saturated carbocycles. The third-order valence-corrected chi connectivity index (χ3v) is 4.12. The van der Waals surface area contributed by atoms with E-state index in [1.807, 2.05) is 0 Å². The minimum absolute atomic E-state index is 0.0617. The van der Waals surface area contributed by atoms with Crippen molar-refractivity contribution in [1.82, 2.24) is 0 Å². The second-order valence-corrected chi connectivity index (χ2v) is 5.37. The molecule has 0 atom stereocenters. The molecule has 1 aliphatic rings. The average molecular weight is 284 g/mol. The van der Waals surface area contributed by atoms with Crippen LogP contribution in [0.4, 0.5) is 5.69 Å². The van der Waals surface area contributed by atoms with Gasteiger partial charge in [0.1, 0.15) is 0 Å².